The van der Waals surface area contributed by atoms with Crippen LogP contribution in [0.1, 0.15) is 52.0 Å². The van der Waals surface area contributed by atoms with E-state index in [9.17, 15) is 0 Å². The molecule has 0 aliphatic heterocycles. The summed E-state index contributed by atoms with van der Waals surface area (Å²) in [5, 5.41) is 3.16. The topological polar surface area (TPSA) is 66.5 Å². The Kier molecular flexibility index (Phi) is 12.8. The number of rotatable bonds is 10. The van der Waals surface area contributed by atoms with Crippen LogP contribution in [0.2, 0.25) is 0 Å². The van der Waals surface area contributed by atoms with E-state index < -0.39 is 0 Å². The van der Waals surface area contributed by atoms with Gasteiger partial charge in [0.1, 0.15) is 5.82 Å². The minimum atomic E-state index is 0. The Hall–Kier alpha value is -1.05. The Bertz CT molecular complexity index is 429. The van der Waals surface area contributed by atoms with Crippen molar-refractivity contribution in [3.63, 3.8) is 0 Å². The first-order valence-electron chi connectivity index (χ1n) is 8.44. The van der Waals surface area contributed by atoms with Crippen LogP contribution in [0.4, 0.5) is 5.82 Å². The Balaban J connectivity index is 0.00000484. The molecule has 1 rings (SSSR count). The smallest absolute Gasteiger partial charge is 0.188 e. The molecule has 0 aromatic carbocycles. The van der Waals surface area contributed by atoms with Crippen LogP contribution in [0.25, 0.3) is 0 Å². The highest BCUT2D eigenvalue weighted by Crippen LogP contribution is 2.11. The number of nitrogens with two attached hydrogens (primary N) is 1. The van der Waals surface area contributed by atoms with Gasteiger partial charge >= 0.3 is 0 Å². The second kappa shape index (κ2) is 13.4. The van der Waals surface area contributed by atoms with Gasteiger partial charge in [-0.25, -0.2) is 9.98 Å². The van der Waals surface area contributed by atoms with E-state index in [-0.39, 0.29) is 24.0 Å². The van der Waals surface area contributed by atoms with Gasteiger partial charge in [-0.2, -0.15) is 0 Å². The summed E-state index contributed by atoms with van der Waals surface area (Å²) in [5.41, 5.74) is 6.94. The van der Waals surface area contributed by atoms with E-state index in [1.165, 1.54) is 19.3 Å². The zero-order chi connectivity index (χ0) is 16.2. The van der Waals surface area contributed by atoms with Gasteiger partial charge in [-0.3, -0.25) is 0 Å². The molecule has 6 heteroatoms. The number of anilines is 1. The van der Waals surface area contributed by atoms with E-state index in [4.69, 9.17) is 5.73 Å². The quantitative estimate of drug-likeness (QED) is 0.257. The molecule has 0 saturated heterocycles. The van der Waals surface area contributed by atoms with Gasteiger partial charge in [-0.1, -0.05) is 32.3 Å². The third-order valence-electron chi connectivity index (χ3n) is 3.66. The van der Waals surface area contributed by atoms with Gasteiger partial charge in [0.05, 0.1) is 6.54 Å². The monoisotopic (exact) mass is 433 g/mol. The van der Waals surface area contributed by atoms with Crippen molar-refractivity contribution in [2.45, 2.75) is 53.0 Å². The van der Waals surface area contributed by atoms with Crippen molar-refractivity contribution in [1.29, 1.82) is 0 Å². The standard InChI is InChI=1S/C17H31N5.HI/c1-4-7-8-9-12-19-17(18)21-14-15-10-11-16(20-13-15)22(5-2)6-3;/h10-11,13H,4-9,12,14H2,1-3H3,(H3,18,19,21);1H. The summed E-state index contributed by atoms with van der Waals surface area (Å²) in [5.74, 6) is 1.53. The fraction of sp³-hybridized carbons (Fsp3) is 0.647. The lowest BCUT2D eigenvalue weighted by molar-refractivity contribution is 0.652. The van der Waals surface area contributed by atoms with Crippen LogP contribution in [-0.2, 0) is 6.54 Å². The highest BCUT2D eigenvalue weighted by Gasteiger charge is 2.02. The van der Waals surface area contributed by atoms with Crippen LogP contribution < -0.4 is 16.0 Å². The molecule has 0 aliphatic carbocycles. The second-order valence-corrected chi connectivity index (χ2v) is 5.39. The van der Waals surface area contributed by atoms with Crippen molar-refractivity contribution in [1.82, 2.24) is 10.3 Å². The van der Waals surface area contributed by atoms with E-state index in [1.807, 2.05) is 12.3 Å². The molecule has 1 aromatic heterocycles. The zero-order valence-corrected chi connectivity index (χ0v) is 17.0. The van der Waals surface area contributed by atoms with Crippen molar-refractivity contribution < 1.29 is 0 Å². The molecule has 0 fully saturated rings. The minimum absolute atomic E-state index is 0. The number of aliphatic imine (C=N–C) groups is 1. The predicted molar refractivity (Wildman–Crippen MR) is 111 cm³/mol. The number of nitrogens with zero attached hydrogens (tertiary/aromatic N) is 3. The van der Waals surface area contributed by atoms with Gasteiger partial charge in [-0.15, -0.1) is 24.0 Å². The fourth-order valence-corrected chi connectivity index (χ4v) is 2.25. The number of aromatic nitrogens is 1. The van der Waals surface area contributed by atoms with Gasteiger partial charge in [-0.05, 0) is 31.9 Å². The van der Waals surface area contributed by atoms with Gasteiger partial charge in [0, 0.05) is 25.8 Å². The van der Waals surface area contributed by atoms with Gasteiger partial charge in [0.15, 0.2) is 5.96 Å². The minimum Gasteiger partial charge on any atom is -0.370 e. The Morgan fingerprint density at radius 2 is 1.91 bits per heavy atom. The van der Waals surface area contributed by atoms with Crippen LogP contribution in [0.15, 0.2) is 23.3 Å². The summed E-state index contributed by atoms with van der Waals surface area (Å²) in [6.45, 7) is 9.88. The maximum Gasteiger partial charge on any atom is 0.188 e. The number of hydrogen-bond donors (Lipinski definition) is 2. The van der Waals surface area contributed by atoms with Crippen LogP contribution in [0.5, 0.6) is 0 Å². The summed E-state index contributed by atoms with van der Waals surface area (Å²) >= 11 is 0. The SMILES string of the molecule is CCCCCCNC(N)=NCc1ccc(N(CC)CC)nc1.I. The highest BCUT2D eigenvalue weighted by atomic mass is 127. The van der Waals surface area contributed by atoms with Crippen LogP contribution in [-0.4, -0.2) is 30.6 Å². The molecule has 0 atom stereocenters. The molecule has 23 heavy (non-hydrogen) atoms. The zero-order valence-electron chi connectivity index (χ0n) is 14.7. The third-order valence-corrected chi connectivity index (χ3v) is 3.66. The van der Waals surface area contributed by atoms with Gasteiger partial charge in [0.2, 0.25) is 0 Å². The van der Waals surface area contributed by atoms with Crippen LogP contribution >= 0.6 is 24.0 Å². The molecule has 0 radical (unpaired) electrons. The average Bonchev–Trinajstić information content (AvgIpc) is 2.55. The summed E-state index contributed by atoms with van der Waals surface area (Å²) < 4.78 is 0. The molecule has 132 valence electrons. The molecule has 5 nitrogen and oxygen atoms in total. The maximum absolute atomic E-state index is 5.87. The molecule has 0 spiro atoms. The largest absolute Gasteiger partial charge is 0.370 e. The van der Waals surface area contributed by atoms with Gasteiger partial charge in [0.25, 0.3) is 0 Å². The average molecular weight is 433 g/mol. The molecular weight excluding hydrogens is 401 g/mol. The first-order chi connectivity index (χ1) is 10.7. The summed E-state index contributed by atoms with van der Waals surface area (Å²) in [4.78, 5) is 11.1. The normalized spacial score (nSPS) is 11.0. The predicted octanol–water partition coefficient (Wildman–Crippen LogP) is 3.53. The van der Waals surface area contributed by atoms with Gasteiger partial charge < -0.3 is 16.0 Å². The second-order valence-electron chi connectivity index (χ2n) is 5.39. The van der Waals surface area contributed by atoms with E-state index in [0.29, 0.717) is 12.5 Å². The first-order valence-corrected chi connectivity index (χ1v) is 8.44. The molecule has 1 aromatic rings. The Morgan fingerprint density at radius 1 is 1.17 bits per heavy atom. The molecular formula is C17H32IN5. The fourth-order valence-electron chi connectivity index (χ4n) is 2.25. The molecule has 0 saturated carbocycles. The number of guanidine groups is 1. The third kappa shape index (κ3) is 8.98. The first kappa shape index (κ1) is 21.9. The Labute approximate surface area is 158 Å². The summed E-state index contributed by atoms with van der Waals surface area (Å²) in [6, 6.07) is 4.12. The summed E-state index contributed by atoms with van der Waals surface area (Å²) in [7, 11) is 0. The molecule has 3 N–H and O–H groups in total. The van der Waals surface area contributed by atoms with Crippen molar-refractivity contribution in [2.24, 2.45) is 10.7 Å². The number of unbranched alkanes of at least 4 members (excludes halogenated alkanes) is 3. The number of hydrogen-bond acceptors (Lipinski definition) is 3. The number of halogens is 1. The van der Waals surface area contributed by atoms with Crippen molar-refractivity contribution in [2.75, 3.05) is 24.5 Å². The van der Waals surface area contributed by atoms with E-state index in [2.05, 4.69) is 47.0 Å². The van der Waals surface area contributed by atoms with E-state index >= 15 is 0 Å². The van der Waals surface area contributed by atoms with E-state index in [0.717, 1.165) is 37.4 Å². The molecule has 1 heterocycles. The Morgan fingerprint density at radius 3 is 2.48 bits per heavy atom. The van der Waals surface area contributed by atoms with Crippen LogP contribution in [0, 0.1) is 0 Å². The van der Waals surface area contributed by atoms with Crippen molar-refractivity contribution in [3.8, 4) is 0 Å². The van der Waals surface area contributed by atoms with E-state index in [1.54, 1.807) is 0 Å². The highest BCUT2D eigenvalue weighted by molar-refractivity contribution is 14.0. The lowest BCUT2D eigenvalue weighted by atomic mass is 10.2. The maximum atomic E-state index is 5.87. The molecule has 0 aliphatic rings. The molecule has 0 amide bonds. The van der Waals surface area contributed by atoms with Crippen molar-refractivity contribution in [3.05, 3.63) is 23.9 Å². The number of nitrogens with one attached hydrogen (secondary N) is 1. The summed E-state index contributed by atoms with van der Waals surface area (Å²) in [6.07, 6.45) is 6.80. The lowest BCUT2D eigenvalue weighted by Crippen LogP contribution is -2.32. The number of pyridine rings is 1. The molecule has 0 bridgehead atoms. The van der Waals surface area contributed by atoms with Crippen LogP contribution in [0.3, 0.4) is 0 Å². The van der Waals surface area contributed by atoms with Crippen molar-refractivity contribution >= 4 is 35.8 Å². The molecule has 0 unspecified atom stereocenters. The lowest BCUT2D eigenvalue weighted by Gasteiger charge is -2.19.